The molecule has 0 N–H and O–H groups in total. The summed E-state index contributed by atoms with van der Waals surface area (Å²) in [6, 6.07) is 14.7. The zero-order valence-electron chi connectivity index (χ0n) is 10.9. The first kappa shape index (κ1) is 12.2. The van der Waals surface area contributed by atoms with Gasteiger partial charge in [-0.25, -0.2) is 4.98 Å². The van der Waals surface area contributed by atoms with Gasteiger partial charge in [0.15, 0.2) is 0 Å². The second-order valence-electron chi connectivity index (χ2n) is 4.82. The Morgan fingerprint density at radius 1 is 0.905 bits per heavy atom. The number of carbonyl (C=O) groups excluding carboxylic acids is 2. The van der Waals surface area contributed by atoms with E-state index < -0.39 is 0 Å². The normalized spacial score (nSPS) is 14.0. The molecular weight excluding hydrogens is 284 g/mol. The van der Waals surface area contributed by atoms with Gasteiger partial charge in [0.25, 0.3) is 11.8 Å². The summed E-state index contributed by atoms with van der Waals surface area (Å²) in [5.41, 5.74) is 1.85. The molecule has 0 aliphatic carbocycles. The second-order valence-corrected chi connectivity index (χ2v) is 5.93. The van der Waals surface area contributed by atoms with E-state index in [1.54, 1.807) is 24.3 Å². The minimum Gasteiger partial charge on any atom is -0.269 e. The lowest BCUT2D eigenvalue weighted by Crippen LogP contribution is -2.28. The van der Waals surface area contributed by atoms with Crippen molar-refractivity contribution in [1.29, 1.82) is 0 Å². The maximum atomic E-state index is 12.3. The molecule has 2 heterocycles. The van der Waals surface area contributed by atoms with E-state index in [1.807, 2.05) is 24.3 Å². The van der Waals surface area contributed by atoms with Gasteiger partial charge in [-0.1, -0.05) is 24.3 Å². The van der Waals surface area contributed by atoms with Gasteiger partial charge in [-0.05, 0) is 24.3 Å². The highest BCUT2D eigenvalue weighted by molar-refractivity contribution is 7.18. The molecular formula is C16H10N2O2S. The summed E-state index contributed by atoms with van der Waals surface area (Å²) in [7, 11) is 0. The number of amides is 2. The number of nitrogens with zero attached hydrogens (tertiary/aromatic N) is 2. The number of hydrogen-bond donors (Lipinski definition) is 0. The number of thiazole rings is 1. The Bertz CT molecular complexity index is 817. The topological polar surface area (TPSA) is 50.3 Å². The maximum absolute atomic E-state index is 12.3. The molecule has 2 amide bonds. The van der Waals surface area contributed by atoms with Crippen molar-refractivity contribution in [1.82, 2.24) is 9.88 Å². The van der Waals surface area contributed by atoms with Gasteiger partial charge < -0.3 is 0 Å². The van der Waals surface area contributed by atoms with Crippen LogP contribution in [-0.2, 0) is 6.54 Å². The van der Waals surface area contributed by atoms with Crippen LogP contribution in [0.5, 0.6) is 0 Å². The predicted octanol–water partition coefficient (Wildman–Crippen LogP) is 3.09. The van der Waals surface area contributed by atoms with Gasteiger partial charge in [0.05, 0.1) is 27.9 Å². The molecule has 4 rings (SSSR count). The van der Waals surface area contributed by atoms with E-state index in [1.165, 1.54) is 16.2 Å². The number of fused-ring (bicyclic) bond motifs is 2. The third-order valence-corrected chi connectivity index (χ3v) is 4.53. The smallest absolute Gasteiger partial charge is 0.261 e. The average Bonchev–Trinajstić information content (AvgIpc) is 3.02. The fraction of sp³-hybridized carbons (Fsp3) is 0.0625. The second kappa shape index (κ2) is 4.49. The number of benzene rings is 2. The van der Waals surface area contributed by atoms with E-state index in [-0.39, 0.29) is 18.4 Å². The van der Waals surface area contributed by atoms with Crippen LogP contribution < -0.4 is 0 Å². The maximum Gasteiger partial charge on any atom is 0.261 e. The molecule has 0 bridgehead atoms. The van der Waals surface area contributed by atoms with Crippen LogP contribution in [0.4, 0.5) is 0 Å². The number of imide groups is 1. The zero-order chi connectivity index (χ0) is 14.4. The van der Waals surface area contributed by atoms with Crippen molar-refractivity contribution in [3.05, 3.63) is 64.7 Å². The van der Waals surface area contributed by atoms with Crippen LogP contribution in [0, 0.1) is 0 Å². The first-order valence-electron chi connectivity index (χ1n) is 6.54. The van der Waals surface area contributed by atoms with Crippen LogP contribution in [0.25, 0.3) is 10.2 Å². The van der Waals surface area contributed by atoms with Crippen molar-refractivity contribution in [2.24, 2.45) is 0 Å². The minimum atomic E-state index is -0.241. The van der Waals surface area contributed by atoms with Gasteiger partial charge in [-0.2, -0.15) is 0 Å². The van der Waals surface area contributed by atoms with E-state index in [4.69, 9.17) is 0 Å². The summed E-state index contributed by atoms with van der Waals surface area (Å²) in [4.78, 5) is 30.4. The molecule has 102 valence electrons. The van der Waals surface area contributed by atoms with E-state index in [0.29, 0.717) is 11.1 Å². The monoisotopic (exact) mass is 294 g/mol. The Balaban J connectivity index is 1.69. The van der Waals surface area contributed by atoms with E-state index >= 15 is 0 Å². The number of para-hydroxylation sites is 1. The number of carbonyl (C=O) groups is 2. The standard InChI is InChI=1S/C16H10N2O2S/c19-15-10-5-1-2-6-11(10)16(20)18(15)9-14-17-12-7-3-4-8-13(12)21-14/h1-8H,9H2. The third-order valence-electron chi connectivity index (χ3n) is 3.51. The molecule has 3 aromatic rings. The Kier molecular flexibility index (Phi) is 2.62. The third kappa shape index (κ3) is 1.86. The van der Waals surface area contributed by atoms with Crippen molar-refractivity contribution in [2.75, 3.05) is 0 Å². The molecule has 21 heavy (non-hydrogen) atoms. The molecule has 0 radical (unpaired) electrons. The predicted molar refractivity (Wildman–Crippen MR) is 80.3 cm³/mol. The van der Waals surface area contributed by atoms with Crippen LogP contribution in [0.1, 0.15) is 25.7 Å². The Morgan fingerprint density at radius 3 is 2.19 bits per heavy atom. The van der Waals surface area contributed by atoms with Crippen molar-refractivity contribution in [3.63, 3.8) is 0 Å². The Morgan fingerprint density at radius 2 is 1.52 bits per heavy atom. The lowest BCUT2D eigenvalue weighted by molar-refractivity contribution is 0.0642. The van der Waals surface area contributed by atoms with E-state index in [0.717, 1.165) is 15.2 Å². The molecule has 5 heteroatoms. The summed E-state index contributed by atoms with van der Waals surface area (Å²) in [6.45, 7) is 0.228. The number of rotatable bonds is 2. The summed E-state index contributed by atoms with van der Waals surface area (Å²) in [6.07, 6.45) is 0. The van der Waals surface area contributed by atoms with Crippen LogP contribution >= 0.6 is 11.3 Å². The molecule has 4 nitrogen and oxygen atoms in total. The molecule has 1 aromatic heterocycles. The summed E-state index contributed by atoms with van der Waals surface area (Å²) in [5, 5.41) is 0.769. The van der Waals surface area contributed by atoms with Gasteiger partial charge in [0, 0.05) is 0 Å². The lowest BCUT2D eigenvalue weighted by Gasteiger charge is -2.11. The molecule has 0 unspecified atom stereocenters. The average molecular weight is 294 g/mol. The minimum absolute atomic E-state index is 0.228. The molecule has 0 fully saturated rings. The van der Waals surface area contributed by atoms with Crippen molar-refractivity contribution < 1.29 is 9.59 Å². The van der Waals surface area contributed by atoms with Crippen LogP contribution in [0.15, 0.2) is 48.5 Å². The molecule has 1 aliphatic rings. The quantitative estimate of drug-likeness (QED) is 0.682. The number of hydrogen-bond acceptors (Lipinski definition) is 4. The fourth-order valence-corrected chi connectivity index (χ4v) is 3.46. The van der Waals surface area contributed by atoms with Crippen molar-refractivity contribution in [3.8, 4) is 0 Å². The molecule has 2 aromatic carbocycles. The van der Waals surface area contributed by atoms with Gasteiger partial charge in [0.1, 0.15) is 5.01 Å². The van der Waals surface area contributed by atoms with Crippen molar-refractivity contribution in [2.45, 2.75) is 6.54 Å². The van der Waals surface area contributed by atoms with Gasteiger partial charge in [0.2, 0.25) is 0 Å². The molecule has 0 saturated heterocycles. The molecule has 0 saturated carbocycles. The Hall–Kier alpha value is -2.53. The van der Waals surface area contributed by atoms with E-state index in [9.17, 15) is 9.59 Å². The SMILES string of the molecule is O=C1c2ccccc2C(=O)N1Cc1nc2ccccc2s1. The molecule has 0 spiro atoms. The van der Waals surface area contributed by atoms with Crippen molar-refractivity contribution >= 4 is 33.4 Å². The first-order chi connectivity index (χ1) is 10.2. The first-order valence-corrected chi connectivity index (χ1v) is 7.35. The largest absolute Gasteiger partial charge is 0.269 e. The lowest BCUT2D eigenvalue weighted by atomic mass is 10.1. The van der Waals surface area contributed by atoms with Crippen LogP contribution in [-0.4, -0.2) is 21.7 Å². The summed E-state index contributed by atoms with van der Waals surface area (Å²) >= 11 is 1.51. The highest BCUT2D eigenvalue weighted by atomic mass is 32.1. The van der Waals surface area contributed by atoms with Gasteiger partial charge in [-0.3, -0.25) is 14.5 Å². The molecule has 1 aliphatic heterocycles. The Labute approximate surface area is 124 Å². The molecule has 0 atom stereocenters. The zero-order valence-corrected chi connectivity index (χ0v) is 11.8. The number of aromatic nitrogens is 1. The highest BCUT2D eigenvalue weighted by Crippen LogP contribution is 2.27. The van der Waals surface area contributed by atoms with E-state index in [2.05, 4.69) is 4.98 Å². The van der Waals surface area contributed by atoms with Gasteiger partial charge in [-0.15, -0.1) is 11.3 Å². The summed E-state index contributed by atoms with van der Waals surface area (Å²) < 4.78 is 1.06. The highest BCUT2D eigenvalue weighted by Gasteiger charge is 2.35. The van der Waals surface area contributed by atoms with Crippen LogP contribution in [0.3, 0.4) is 0 Å². The van der Waals surface area contributed by atoms with Gasteiger partial charge >= 0.3 is 0 Å². The summed E-state index contributed by atoms with van der Waals surface area (Å²) in [5.74, 6) is -0.482. The van der Waals surface area contributed by atoms with Crippen LogP contribution in [0.2, 0.25) is 0 Å². The fourth-order valence-electron chi connectivity index (χ4n) is 2.51.